The molecule has 0 bridgehead atoms. The Morgan fingerprint density at radius 2 is 1.92 bits per heavy atom. The molecule has 0 unspecified atom stereocenters. The zero-order valence-electron chi connectivity index (χ0n) is 13.1. The summed E-state index contributed by atoms with van der Waals surface area (Å²) in [5.41, 5.74) is 1.67. The van der Waals surface area contributed by atoms with E-state index in [1.54, 1.807) is 29.4 Å². The minimum Gasteiger partial charge on any atom is -0.465 e. The molecule has 0 radical (unpaired) electrons. The van der Waals surface area contributed by atoms with Gasteiger partial charge in [-0.15, -0.1) is 0 Å². The highest BCUT2D eigenvalue weighted by atomic mass is 16.5. The third-order valence-electron chi connectivity index (χ3n) is 3.59. The first-order chi connectivity index (χ1) is 11.7. The molecule has 1 aliphatic heterocycles. The molecule has 1 aromatic carbocycles. The molecular formula is C17H15N3O4. The van der Waals surface area contributed by atoms with Gasteiger partial charge < -0.3 is 14.4 Å². The van der Waals surface area contributed by atoms with Gasteiger partial charge in [0.1, 0.15) is 5.70 Å². The summed E-state index contributed by atoms with van der Waals surface area (Å²) in [6, 6.07) is 5.52. The van der Waals surface area contributed by atoms with Crippen molar-refractivity contribution in [3.05, 3.63) is 60.1 Å². The molecule has 1 aliphatic rings. The monoisotopic (exact) mass is 325 g/mol. The first kappa shape index (κ1) is 15.5. The van der Waals surface area contributed by atoms with E-state index in [9.17, 15) is 9.59 Å². The molecule has 0 aliphatic carbocycles. The Balaban J connectivity index is 2.18. The van der Waals surface area contributed by atoms with E-state index in [1.807, 2.05) is 18.2 Å². The van der Waals surface area contributed by atoms with E-state index in [0.29, 0.717) is 5.69 Å². The first-order valence-electron chi connectivity index (χ1n) is 7.14. The Morgan fingerprint density at radius 1 is 1.12 bits per heavy atom. The van der Waals surface area contributed by atoms with Crippen molar-refractivity contribution < 1.29 is 19.1 Å². The quantitative estimate of drug-likeness (QED) is 0.870. The van der Waals surface area contributed by atoms with Crippen LogP contribution in [0.5, 0.6) is 0 Å². The first-order valence-corrected chi connectivity index (χ1v) is 7.14. The second-order valence-corrected chi connectivity index (χ2v) is 4.96. The third-order valence-corrected chi connectivity index (χ3v) is 3.59. The van der Waals surface area contributed by atoms with Gasteiger partial charge >= 0.3 is 11.9 Å². The second-order valence-electron chi connectivity index (χ2n) is 4.96. The molecular weight excluding hydrogens is 310 g/mol. The van der Waals surface area contributed by atoms with E-state index in [2.05, 4.69) is 10.2 Å². The highest BCUT2D eigenvalue weighted by Gasteiger charge is 2.27. The number of esters is 2. The maximum atomic E-state index is 12.3. The molecule has 0 fully saturated rings. The molecule has 0 amide bonds. The summed E-state index contributed by atoms with van der Waals surface area (Å²) in [6.45, 7) is 0. The molecule has 1 N–H and O–H groups in total. The minimum absolute atomic E-state index is 0.0771. The number of aromatic amines is 1. The van der Waals surface area contributed by atoms with Gasteiger partial charge in [0.25, 0.3) is 0 Å². The number of ether oxygens (including phenoxy) is 2. The maximum absolute atomic E-state index is 12.3. The van der Waals surface area contributed by atoms with Gasteiger partial charge in [0.15, 0.2) is 0 Å². The average Bonchev–Trinajstić information content (AvgIpc) is 2.97. The number of fused-ring (bicyclic) bond motifs is 1. The highest BCUT2D eigenvalue weighted by Crippen LogP contribution is 2.28. The number of benzene rings is 1. The van der Waals surface area contributed by atoms with Crippen LogP contribution in [-0.2, 0) is 19.1 Å². The summed E-state index contributed by atoms with van der Waals surface area (Å²) < 4.78 is 9.65. The second kappa shape index (κ2) is 6.41. The van der Waals surface area contributed by atoms with Crippen molar-refractivity contribution in [2.75, 3.05) is 19.1 Å². The molecule has 3 rings (SSSR count). The molecule has 1 aromatic heterocycles. The van der Waals surface area contributed by atoms with Crippen molar-refractivity contribution in [2.24, 2.45) is 0 Å². The Morgan fingerprint density at radius 3 is 2.67 bits per heavy atom. The Labute approximate surface area is 137 Å². The van der Waals surface area contributed by atoms with Gasteiger partial charge in [-0.2, -0.15) is 5.10 Å². The number of rotatable bonds is 3. The molecule has 7 nitrogen and oxygen atoms in total. The normalized spacial score (nSPS) is 14.0. The van der Waals surface area contributed by atoms with E-state index >= 15 is 0 Å². The van der Waals surface area contributed by atoms with Crippen LogP contribution in [-0.4, -0.2) is 36.4 Å². The van der Waals surface area contributed by atoms with Crippen molar-refractivity contribution in [2.45, 2.75) is 0 Å². The number of aromatic nitrogens is 2. The van der Waals surface area contributed by atoms with E-state index < -0.39 is 11.9 Å². The number of hydrogen-bond donors (Lipinski definition) is 1. The van der Waals surface area contributed by atoms with Crippen molar-refractivity contribution >= 4 is 28.5 Å². The number of anilines is 1. The van der Waals surface area contributed by atoms with E-state index in [0.717, 1.165) is 10.9 Å². The van der Waals surface area contributed by atoms with Crippen LogP contribution in [0.25, 0.3) is 10.9 Å². The van der Waals surface area contributed by atoms with Gasteiger partial charge in [0.05, 0.1) is 31.5 Å². The van der Waals surface area contributed by atoms with Crippen LogP contribution in [0.2, 0.25) is 0 Å². The largest absolute Gasteiger partial charge is 0.465 e. The Bertz CT molecular complexity index is 892. The summed E-state index contributed by atoms with van der Waals surface area (Å²) in [5.74, 6) is -1.26. The zero-order valence-corrected chi connectivity index (χ0v) is 13.1. The number of carbonyl (C=O) groups is 2. The van der Waals surface area contributed by atoms with Gasteiger partial charge in [-0.25, -0.2) is 9.59 Å². The lowest BCUT2D eigenvalue weighted by molar-refractivity contribution is -0.139. The van der Waals surface area contributed by atoms with Gasteiger partial charge in [-0.05, 0) is 30.4 Å². The van der Waals surface area contributed by atoms with E-state index in [-0.39, 0.29) is 11.3 Å². The third kappa shape index (κ3) is 2.67. The maximum Gasteiger partial charge on any atom is 0.355 e. The fourth-order valence-electron chi connectivity index (χ4n) is 2.44. The molecule has 0 saturated heterocycles. The van der Waals surface area contributed by atoms with Crippen molar-refractivity contribution in [1.29, 1.82) is 0 Å². The fourth-order valence-corrected chi connectivity index (χ4v) is 2.44. The number of hydrogen-bond acceptors (Lipinski definition) is 6. The number of carbonyl (C=O) groups excluding carboxylic acids is 2. The standard InChI is InChI=1S/C17H15N3O4/c1-23-16(21)13-5-3-4-8-20(15(13)17(22)24-2)12-7-6-11-10-18-19-14(11)9-12/h3-10H,1-2H3,(H,18,19). The highest BCUT2D eigenvalue weighted by molar-refractivity contribution is 6.05. The molecule has 0 atom stereocenters. The topological polar surface area (TPSA) is 84.5 Å². The van der Waals surface area contributed by atoms with Crippen LogP contribution in [0.3, 0.4) is 0 Å². The van der Waals surface area contributed by atoms with Crippen molar-refractivity contribution in [3.63, 3.8) is 0 Å². The molecule has 2 aromatic rings. The predicted octanol–water partition coefficient (Wildman–Crippen LogP) is 2.05. The lowest BCUT2D eigenvalue weighted by Crippen LogP contribution is -2.26. The molecule has 0 spiro atoms. The number of H-pyrrole nitrogens is 1. The minimum atomic E-state index is -0.642. The zero-order chi connectivity index (χ0) is 17.1. The lowest BCUT2D eigenvalue weighted by Gasteiger charge is -2.23. The van der Waals surface area contributed by atoms with Crippen LogP contribution in [0.1, 0.15) is 0 Å². The van der Waals surface area contributed by atoms with Gasteiger partial charge in [-0.3, -0.25) is 5.10 Å². The fraction of sp³-hybridized carbons (Fsp3) is 0.118. The number of nitrogens with zero attached hydrogens (tertiary/aromatic N) is 2. The van der Waals surface area contributed by atoms with Crippen LogP contribution in [0, 0.1) is 0 Å². The van der Waals surface area contributed by atoms with Gasteiger partial charge in [0, 0.05) is 17.3 Å². The molecule has 2 heterocycles. The summed E-state index contributed by atoms with van der Waals surface area (Å²) in [5, 5.41) is 7.80. The Hall–Kier alpha value is -3.35. The van der Waals surface area contributed by atoms with Crippen LogP contribution in [0.15, 0.2) is 60.1 Å². The lowest BCUT2D eigenvalue weighted by atomic mass is 10.1. The van der Waals surface area contributed by atoms with Crippen LogP contribution in [0.4, 0.5) is 5.69 Å². The summed E-state index contributed by atoms with van der Waals surface area (Å²) >= 11 is 0. The van der Waals surface area contributed by atoms with Crippen LogP contribution >= 0.6 is 0 Å². The smallest absolute Gasteiger partial charge is 0.355 e. The number of methoxy groups -OCH3 is 2. The Kier molecular flexibility index (Phi) is 4.15. The van der Waals surface area contributed by atoms with E-state index in [1.165, 1.54) is 20.3 Å². The number of allylic oxidation sites excluding steroid dienone is 2. The van der Waals surface area contributed by atoms with Gasteiger partial charge in [-0.1, -0.05) is 6.08 Å². The van der Waals surface area contributed by atoms with Crippen LogP contribution < -0.4 is 4.90 Å². The predicted molar refractivity (Wildman–Crippen MR) is 87.9 cm³/mol. The summed E-state index contributed by atoms with van der Waals surface area (Å²) in [7, 11) is 2.52. The van der Waals surface area contributed by atoms with E-state index in [4.69, 9.17) is 9.47 Å². The van der Waals surface area contributed by atoms with Gasteiger partial charge in [0.2, 0.25) is 0 Å². The molecule has 122 valence electrons. The average molecular weight is 325 g/mol. The van der Waals surface area contributed by atoms with Crippen molar-refractivity contribution in [1.82, 2.24) is 10.2 Å². The molecule has 24 heavy (non-hydrogen) atoms. The molecule has 0 saturated carbocycles. The summed E-state index contributed by atoms with van der Waals surface area (Å²) in [4.78, 5) is 26.0. The summed E-state index contributed by atoms with van der Waals surface area (Å²) in [6.07, 6.45) is 8.27. The number of nitrogens with one attached hydrogen (secondary N) is 1. The van der Waals surface area contributed by atoms with Crippen molar-refractivity contribution in [3.8, 4) is 0 Å². The molecule has 7 heteroatoms. The SMILES string of the molecule is COC(=O)C1=C(C(=O)OC)N(c2ccc3cn[nH]c3c2)C=CC=C1.